The predicted molar refractivity (Wildman–Crippen MR) is 66.9 cm³/mol. The van der Waals surface area contributed by atoms with Crippen LogP contribution in [0.1, 0.15) is 38.5 Å². The van der Waals surface area contributed by atoms with Crippen LogP contribution >= 0.6 is 0 Å². The molecule has 1 heterocycles. The summed E-state index contributed by atoms with van der Waals surface area (Å²) < 4.78 is 5.24. The highest BCUT2D eigenvalue weighted by Gasteiger charge is 2.31. The number of anilines is 1. The maximum atomic E-state index is 5.24. The highest BCUT2D eigenvalue weighted by Crippen LogP contribution is 2.39. The van der Waals surface area contributed by atoms with Crippen molar-refractivity contribution < 1.29 is 4.74 Å². The van der Waals surface area contributed by atoms with Gasteiger partial charge < -0.3 is 10.1 Å². The predicted octanol–water partition coefficient (Wildman–Crippen LogP) is 2.20. The number of nitrogens with zero attached hydrogens (tertiary/aromatic N) is 2. The minimum Gasteiger partial charge on any atom is -0.385 e. The molecule has 0 amide bonds. The Kier molecular flexibility index (Phi) is 4.36. The molecule has 0 aromatic carbocycles. The van der Waals surface area contributed by atoms with Crippen molar-refractivity contribution in [3.63, 3.8) is 0 Å². The van der Waals surface area contributed by atoms with Crippen molar-refractivity contribution in [2.75, 3.05) is 25.6 Å². The molecule has 5 heteroatoms. The minimum atomic E-state index is 0.382. The first-order chi connectivity index (χ1) is 8.35. The van der Waals surface area contributed by atoms with E-state index >= 15 is 0 Å². The summed E-state index contributed by atoms with van der Waals surface area (Å²) in [5.74, 6) is 0.840. The lowest BCUT2D eigenvalue weighted by Gasteiger charge is -2.37. The van der Waals surface area contributed by atoms with Crippen LogP contribution in [0, 0.1) is 5.41 Å². The van der Waals surface area contributed by atoms with E-state index in [1.807, 2.05) is 0 Å². The van der Waals surface area contributed by atoms with Gasteiger partial charge in [-0.1, -0.05) is 19.3 Å². The molecule has 0 aliphatic heterocycles. The van der Waals surface area contributed by atoms with E-state index < -0.39 is 0 Å². The van der Waals surface area contributed by atoms with Gasteiger partial charge in [-0.2, -0.15) is 10.3 Å². The summed E-state index contributed by atoms with van der Waals surface area (Å²) in [6.07, 6.45) is 9.50. The molecule has 2 N–H and O–H groups in total. The smallest absolute Gasteiger partial charge is 0.168 e. The fourth-order valence-electron chi connectivity index (χ4n) is 2.70. The second-order valence-electron chi connectivity index (χ2n) is 5.01. The Labute approximate surface area is 102 Å². The zero-order valence-electron chi connectivity index (χ0n) is 10.5. The first-order valence-corrected chi connectivity index (χ1v) is 6.43. The SMILES string of the molecule is COCCC1(CNc2cn[nH]n2)CCCCC1. The van der Waals surface area contributed by atoms with Crippen molar-refractivity contribution in [2.24, 2.45) is 5.41 Å². The Bertz CT molecular complexity index is 306. The van der Waals surface area contributed by atoms with Crippen LogP contribution in [0.2, 0.25) is 0 Å². The molecule has 1 saturated carbocycles. The molecule has 1 aliphatic rings. The third-order valence-electron chi connectivity index (χ3n) is 3.81. The Morgan fingerprint density at radius 1 is 1.41 bits per heavy atom. The molecule has 0 saturated heterocycles. The summed E-state index contributed by atoms with van der Waals surface area (Å²) in [4.78, 5) is 0. The second-order valence-corrected chi connectivity index (χ2v) is 5.01. The van der Waals surface area contributed by atoms with Gasteiger partial charge in [-0.25, -0.2) is 0 Å². The van der Waals surface area contributed by atoms with Crippen LogP contribution in [0.15, 0.2) is 6.20 Å². The van der Waals surface area contributed by atoms with E-state index in [2.05, 4.69) is 20.7 Å². The molecule has 0 unspecified atom stereocenters. The Morgan fingerprint density at radius 2 is 2.24 bits per heavy atom. The van der Waals surface area contributed by atoms with E-state index in [-0.39, 0.29) is 0 Å². The number of aromatic amines is 1. The lowest BCUT2D eigenvalue weighted by atomic mass is 9.72. The standard InChI is InChI=1S/C12H22N4O/c1-17-8-7-12(5-3-2-4-6-12)10-13-11-9-14-16-15-11/h9H,2-8,10H2,1H3,(H2,13,14,15,16). The molecule has 0 atom stereocenters. The maximum Gasteiger partial charge on any atom is 0.168 e. The van der Waals surface area contributed by atoms with Crippen LogP contribution in [-0.2, 0) is 4.74 Å². The Hall–Kier alpha value is -1.10. The molecule has 0 spiro atoms. The molecule has 1 aromatic rings. The van der Waals surface area contributed by atoms with Crippen LogP contribution in [-0.4, -0.2) is 35.7 Å². The first kappa shape index (κ1) is 12.4. The number of ether oxygens (including phenoxy) is 1. The maximum absolute atomic E-state index is 5.24. The molecule has 96 valence electrons. The minimum absolute atomic E-state index is 0.382. The van der Waals surface area contributed by atoms with Crippen LogP contribution < -0.4 is 5.32 Å². The van der Waals surface area contributed by atoms with Gasteiger partial charge in [0.2, 0.25) is 0 Å². The van der Waals surface area contributed by atoms with Crippen LogP contribution in [0.5, 0.6) is 0 Å². The summed E-state index contributed by atoms with van der Waals surface area (Å²) in [7, 11) is 1.78. The average Bonchev–Trinajstić information content (AvgIpc) is 2.89. The van der Waals surface area contributed by atoms with Crippen molar-refractivity contribution in [3.05, 3.63) is 6.20 Å². The Balaban J connectivity index is 1.90. The number of hydrogen-bond donors (Lipinski definition) is 2. The van der Waals surface area contributed by atoms with Gasteiger partial charge in [0.1, 0.15) is 0 Å². The molecule has 17 heavy (non-hydrogen) atoms. The molecule has 1 aromatic heterocycles. The number of nitrogens with one attached hydrogen (secondary N) is 2. The second kappa shape index (κ2) is 6.00. The van der Waals surface area contributed by atoms with E-state index in [1.165, 1.54) is 32.1 Å². The van der Waals surface area contributed by atoms with Crippen molar-refractivity contribution in [1.29, 1.82) is 0 Å². The summed E-state index contributed by atoms with van der Waals surface area (Å²) in [6.45, 7) is 1.82. The zero-order valence-corrected chi connectivity index (χ0v) is 10.5. The lowest BCUT2D eigenvalue weighted by Crippen LogP contribution is -2.33. The van der Waals surface area contributed by atoms with E-state index in [0.717, 1.165) is 25.4 Å². The molecule has 1 fully saturated rings. The van der Waals surface area contributed by atoms with Gasteiger partial charge in [-0.3, -0.25) is 0 Å². The fourth-order valence-corrected chi connectivity index (χ4v) is 2.70. The van der Waals surface area contributed by atoms with Gasteiger partial charge in [0, 0.05) is 20.3 Å². The van der Waals surface area contributed by atoms with Gasteiger partial charge in [-0.05, 0) is 24.7 Å². The first-order valence-electron chi connectivity index (χ1n) is 6.43. The summed E-state index contributed by atoms with van der Waals surface area (Å²) in [5.41, 5.74) is 0.382. The van der Waals surface area contributed by atoms with Crippen molar-refractivity contribution >= 4 is 5.82 Å². The molecule has 2 rings (SSSR count). The zero-order chi connectivity index (χ0) is 12.0. The number of methoxy groups -OCH3 is 1. The number of hydrogen-bond acceptors (Lipinski definition) is 4. The van der Waals surface area contributed by atoms with Crippen LogP contribution in [0.25, 0.3) is 0 Å². The largest absolute Gasteiger partial charge is 0.385 e. The van der Waals surface area contributed by atoms with Gasteiger partial charge in [0.05, 0.1) is 6.20 Å². The average molecular weight is 238 g/mol. The monoisotopic (exact) mass is 238 g/mol. The third-order valence-corrected chi connectivity index (χ3v) is 3.81. The molecular formula is C12H22N4O. The summed E-state index contributed by atoms with van der Waals surface area (Å²) in [5, 5.41) is 13.9. The van der Waals surface area contributed by atoms with Crippen molar-refractivity contribution in [1.82, 2.24) is 15.4 Å². The molecule has 0 radical (unpaired) electrons. The third kappa shape index (κ3) is 3.43. The lowest BCUT2D eigenvalue weighted by molar-refractivity contribution is 0.111. The van der Waals surface area contributed by atoms with E-state index in [4.69, 9.17) is 4.74 Å². The number of aromatic nitrogens is 3. The van der Waals surface area contributed by atoms with Gasteiger partial charge >= 0.3 is 0 Å². The molecule has 1 aliphatic carbocycles. The molecular weight excluding hydrogens is 216 g/mol. The highest BCUT2D eigenvalue weighted by atomic mass is 16.5. The molecule has 0 bridgehead atoms. The fraction of sp³-hybridized carbons (Fsp3) is 0.833. The number of H-pyrrole nitrogens is 1. The topological polar surface area (TPSA) is 62.8 Å². The highest BCUT2D eigenvalue weighted by molar-refractivity contribution is 5.29. The number of rotatable bonds is 6. The van der Waals surface area contributed by atoms with Crippen molar-refractivity contribution in [3.8, 4) is 0 Å². The normalized spacial score (nSPS) is 19.1. The quantitative estimate of drug-likeness (QED) is 0.797. The van der Waals surface area contributed by atoms with Gasteiger partial charge in [-0.15, -0.1) is 5.10 Å². The summed E-state index contributed by atoms with van der Waals surface area (Å²) in [6, 6.07) is 0. The van der Waals surface area contributed by atoms with E-state index in [9.17, 15) is 0 Å². The van der Waals surface area contributed by atoms with Crippen LogP contribution in [0.3, 0.4) is 0 Å². The van der Waals surface area contributed by atoms with Gasteiger partial charge in [0.15, 0.2) is 5.82 Å². The summed E-state index contributed by atoms with van der Waals surface area (Å²) >= 11 is 0. The molecule has 5 nitrogen and oxygen atoms in total. The Morgan fingerprint density at radius 3 is 2.88 bits per heavy atom. The van der Waals surface area contributed by atoms with Crippen LogP contribution in [0.4, 0.5) is 5.82 Å². The van der Waals surface area contributed by atoms with Crippen molar-refractivity contribution in [2.45, 2.75) is 38.5 Å². The van der Waals surface area contributed by atoms with E-state index in [1.54, 1.807) is 13.3 Å². The van der Waals surface area contributed by atoms with Gasteiger partial charge in [0.25, 0.3) is 0 Å². The van der Waals surface area contributed by atoms with E-state index in [0.29, 0.717) is 5.41 Å².